The van der Waals surface area contributed by atoms with Crippen LogP contribution in [-0.2, 0) is 9.59 Å². The molecule has 8 heteroatoms. The number of benzene rings is 1. The van der Waals surface area contributed by atoms with Crippen molar-refractivity contribution in [3.8, 4) is 0 Å². The predicted molar refractivity (Wildman–Crippen MR) is 113 cm³/mol. The summed E-state index contributed by atoms with van der Waals surface area (Å²) in [6, 6.07) is 9.67. The maximum absolute atomic E-state index is 12.9. The minimum absolute atomic E-state index is 0.223. The highest BCUT2D eigenvalue weighted by Crippen LogP contribution is 2.25. The van der Waals surface area contributed by atoms with Gasteiger partial charge in [-0.15, -0.1) is 0 Å². The normalized spacial score (nSPS) is 19.8. The third-order valence-electron chi connectivity index (χ3n) is 5.56. The van der Waals surface area contributed by atoms with Crippen molar-refractivity contribution in [2.24, 2.45) is 11.7 Å². The lowest BCUT2D eigenvalue weighted by Crippen LogP contribution is -2.53. The highest BCUT2D eigenvalue weighted by Gasteiger charge is 2.33. The van der Waals surface area contributed by atoms with Gasteiger partial charge in [-0.2, -0.15) is 0 Å². The highest BCUT2D eigenvalue weighted by atomic mass is 16.4. The Labute approximate surface area is 175 Å². The lowest BCUT2D eigenvalue weighted by atomic mass is 9.84. The minimum Gasteiger partial charge on any atom is -0.481 e. The van der Waals surface area contributed by atoms with Gasteiger partial charge in [0.15, 0.2) is 0 Å². The summed E-state index contributed by atoms with van der Waals surface area (Å²) in [5.74, 6) is -2.33. The summed E-state index contributed by atoms with van der Waals surface area (Å²) in [6.07, 6.45) is 3.79. The largest absolute Gasteiger partial charge is 0.481 e. The van der Waals surface area contributed by atoms with Gasteiger partial charge in [0, 0.05) is 11.4 Å². The Bertz CT molecular complexity index is 917. The Kier molecular flexibility index (Phi) is 7.35. The zero-order chi connectivity index (χ0) is 21.5. The van der Waals surface area contributed by atoms with Crippen molar-refractivity contribution in [3.05, 3.63) is 42.1 Å². The van der Waals surface area contributed by atoms with Gasteiger partial charge in [0.25, 0.3) is 5.91 Å². The van der Waals surface area contributed by atoms with Crippen LogP contribution >= 0.6 is 0 Å². The molecule has 1 aromatic carbocycles. The number of nitrogens with zero attached hydrogens (tertiary/aromatic N) is 1. The first-order valence-corrected chi connectivity index (χ1v) is 10.4. The number of aliphatic carboxylic acids is 1. The molecule has 2 aromatic rings. The maximum atomic E-state index is 12.9. The third-order valence-corrected chi connectivity index (χ3v) is 5.56. The van der Waals surface area contributed by atoms with Gasteiger partial charge >= 0.3 is 5.97 Å². The van der Waals surface area contributed by atoms with Gasteiger partial charge in [-0.3, -0.25) is 14.4 Å². The zero-order valence-electron chi connectivity index (χ0n) is 16.8. The number of rotatable bonds is 8. The van der Waals surface area contributed by atoms with E-state index in [2.05, 4.69) is 15.6 Å². The van der Waals surface area contributed by atoms with Crippen LogP contribution in [0.1, 0.15) is 49.0 Å². The lowest BCUT2D eigenvalue weighted by molar-refractivity contribution is -0.144. The molecular weight excluding hydrogens is 384 g/mol. The molecule has 3 rings (SSSR count). The molecule has 1 aliphatic carbocycles. The van der Waals surface area contributed by atoms with E-state index in [4.69, 9.17) is 5.73 Å². The minimum atomic E-state index is -0.900. The molecule has 0 unspecified atom stereocenters. The summed E-state index contributed by atoms with van der Waals surface area (Å²) in [7, 11) is 0. The van der Waals surface area contributed by atoms with Gasteiger partial charge in [-0.1, -0.05) is 37.1 Å². The Morgan fingerprint density at radius 3 is 2.67 bits per heavy atom. The van der Waals surface area contributed by atoms with Crippen molar-refractivity contribution in [1.82, 2.24) is 15.6 Å². The van der Waals surface area contributed by atoms with Crippen LogP contribution in [0.25, 0.3) is 10.9 Å². The van der Waals surface area contributed by atoms with Crippen molar-refractivity contribution < 1.29 is 19.5 Å². The van der Waals surface area contributed by atoms with E-state index in [0.717, 1.165) is 18.2 Å². The fraction of sp³-hybridized carbons (Fsp3) is 0.455. The summed E-state index contributed by atoms with van der Waals surface area (Å²) in [5, 5.41) is 16.0. The molecule has 0 radical (unpaired) electrons. The summed E-state index contributed by atoms with van der Waals surface area (Å²) in [6.45, 7) is 0.384. The van der Waals surface area contributed by atoms with Gasteiger partial charge in [0.1, 0.15) is 11.7 Å². The van der Waals surface area contributed by atoms with Gasteiger partial charge in [-0.05, 0) is 44.4 Å². The van der Waals surface area contributed by atoms with E-state index in [-0.39, 0.29) is 11.6 Å². The molecule has 1 fully saturated rings. The number of aromatic nitrogens is 1. The zero-order valence-corrected chi connectivity index (χ0v) is 16.8. The molecule has 0 bridgehead atoms. The molecule has 1 aliphatic rings. The van der Waals surface area contributed by atoms with Crippen LogP contribution in [0.4, 0.5) is 0 Å². The Morgan fingerprint density at radius 1 is 1.13 bits per heavy atom. The van der Waals surface area contributed by atoms with Crippen LogP contribution in [-0.4, -0.2) is 46.5 Å². The topological polar surface area (TPSA) is 134 Å². The average molecular weight is 412 g/mol. The summed E-state index contributed by atoms with van der Waals surface area (Å²) < 4.78 is 0. The number of hydrogen-bond donors (Lipinski definition) is 4. The summed E-state index contributed by atoms with van der Waals surface area (Å²) in [4.78, 5) is 41.5. The molecule has 0 saturated heterocycles. The van der Waals surface area contributed by atoms with Crippen LogP contribution in [0.5, 0.6) is 0 Å². The predicted octanol–water partition coefficient (Wildman–Crippen LogP) is 1.83. The van der Waals surface area contributed by atoms with Gasteiger partial charge < -0.3 is 21.5 Å². The number of carboxylic acid groups (broad SMARTS) is 1. The second-order valence-corrected chi connectivity index (χ2v) is 7.69. The van der Waals surface area contributed by atoms with E-state index < -0.39 is 29.9 Å². The van der Waals surface area contributed by atoms with Gasteiger partial charge in [-0.25, -0.2) is 4.98 Å². The number of amides is 2. The van der Waals surface area contributed by atoms with Gasteiger partial charge in [0.2, 0.25) is 5.91 Å². The highest BCUT2D eigenvalue weighted by molar-refractivity contribution is 5.97. The molecule has 5 N–H and O–H groups in total. The van der Waals surface area contributed by atoms with E-state index in [1.165, 1.54) is 0 Å². The van der Waals surface area contributed by atoms with Crippen LogP contribution in [0.3, 0.4) is 0 Å². The number of para-hydroxylation sites is 1. The Hall–Kier alpha value is -3.00. The van der Waals surface area contributed by atoms with Crippen molar-refractivity contribution in [1.29, 1.82) is 0 Å². The monoisotopic (exact) mass is 412 g/mol. The van der Waals surface area contributed by atoms with E-state index in [1.54, 1.807) is 6.07 Å². The number of nitrogens with one attached hydrogen (secondary N) is 2. The standard InChI is InChI=1S/C22H28N4O4/c23-13-5-10-18(20(27)25-17-9-4-2-7-15(17)22(29)30)26-21(28)19-12-11-14-6-1-3-8-16(14)24-19/h1,3,6,8,11-12,15,17-18H,2,4-5,7,9-10,13,23H2,(H,25,27)(H,26,28)(H,29,30)/t15-,17+,18+/m1/s1. The van der Waals surface area contributed by atoms with E-state index in [9.17, 15) is 19.5 Å². The summed E-state index contributed by atoms with van der Waals surface area (Å²) >= 11 is 0. The van der Waals surface area contributed by atoms with Crippen molar-refractivity contribution in [2.75, 3.05) is 6.54 Å². The fourth-order valence-corrected chi connectivity index (χ4v) is 3.90. The molecule has 3 atom stereocenters. The molecule has 0 aliphatic heterocycles. The van der Waals surface area contributed by atoms with E-state index in [1.807, 2.05) is 30.3 Å². The maximum Gasteiger partial charge on any atom is 0.308 e. The first kappa shape index (κ1) is 21.7. The molecule has 1 saturated carbocycles. The van der Waals surface area contributed by atoms with Crippen molar-refractivity contribution >= 4 is 28.7 Å². The number of carbonyl (C=O) groups excluding carboxylic acids is 2. The number of hydrogen-bond acceptors (Lipinski definition) is 5. The molecule has 160 valence electrons. The summed E-state index contributed by atoms with van der Waals surface area (Å²) in [5.41, 5.74) is 6.51. The smallest absolute Gasteiger partial charge is 0.308 e. The number of nitrogens with two attached hydrogens (primary N) is 1. The number of fused-ring (bicyclic) bond motifs is 1. The van der Waals surface area contributed by atoms with Crippen LogP contribution < -0.4 is 16.4 Å². The van der Waals surface area contributed by atoms with E-state index in [0.29, 0.717) is 37.7 Å². The quantitative estimate of drug-likeness (QED) is 0.523. The van der Waals surface area contributed by atoms with E-state index >= 15 is 0 Å². The Morgan fingerprint density at radius 2 is 1.90 bits per heavy atom. The van der Waals surface area contributed by atoms with Crippen LogP contribution in [0, 0.1) is 5.92 Å². The molecule has 0 spiro atoms. The first-order valence-electron chi connectivity index (χ1n) is 10.4. The van der Waals surface area contributed by atoms with Crippen LogP contribution in [0.15, 0.2) is 36.4 Å². The SMILES string of the molecule is NCCC[C@H](NC(=O)c1ccc2ccccc2n1)C(=O)N[C@H]1CCCC[C@H]1C(=O)O. The third kappa shape index (κ3) is 5.33. The second-order valence-electron chi connectivity index (χ2n) is 7.69. The lowest BCUT2D eigenvalue weighted by Gasteiger charge is -2.30. The molecule has 30 heavy (non-hydrogen) atoms. The second kappa shape index (κ2) is 10.2. The van der Waals surface area contributed by atoms with Crippen molar-refractivity contribution in [3.63, 3.8) is 0 Å². The molecule has 8 nitrogen and oxygen atoms in total. The van der Waals surface area contributed by atoms with Crippen molar-refractivity contribution in [2.45, 2.75) is 50.6 Å². The number of pyridine rings is 1. The van der Waals surface area contributed by atoms with Crippen LogP contribution in [0.2, 0.25) is 0 Å². The first-order chi connectivity index (χ1) is 14.5. The number of carbonyl (C=O) groups is 3. The molecule has 1 heterocycles. The number of carboxylic acids is 1. The molecule has 2 amide bonds. The average Bonchev–Trinajstić information content (AvgIpc) is 2.76. The van der Waals surface area contributed by atoms with Gasteiger partial charge in [0.05, 0.1) is 11.4 Å². The Balaban J connectivity index is 1.71. The molecule has 1 aromatic heterocycles. The molecular formula is C22H28N4O4. The fourth-order valence-electron chi connectivity index (χ4n) is 3.90.